The quantitative estimate of drug-likeness (QED) is 0.937. The van der Waals surface area contributed by atoms with Gasteiger partial charge in [-0.15, -0.1) is 0 Å². The lowest BCUT2D eigenvalue weighted by Gasteiger charge is -2.30. The number of anilines is 2. The van der Waals surface area contributed by atoms with E-state index in [0.717, 1.165) is 36.3 Å². The molecule has 1 saturated heterocycles. The number of carbonyl (C=O) groups is 1. The van der Waals surface area contributed by atoms with Gasteiger partial charge in [0.25, 0.3) is 5.91 Å². The number of rotatable bonds is 3. The Morgan fingerprint density at radius 2 is 2.12 bits per heavy atom. The topological polar surface area (TPSA) is 58.1 Å². The lowest BCUT2D eigenvalue weighted by Crippen LogP contribution is -2.35. The second kappa shape index (κ2) is 6.99. The van der Waals surface area contributed by atoms with Crippen LogP contribution in [0.15, 0.2) is 30.5 Å². The first-order chi connectivity index (χ1) is 11.5. The number of carbonyl (C=O) groups excluding carboxylic acids is 1. The highest BCUT2D eigenvalue weighted by atomic mass is 16.1. The number of aromatic nitrogens is 2. The van der Waals surface area contributed by atoms with Gasteiger partial charge in [-0.25, -0.2) is 9.97 Å². The number of nitrogens with one attached hydrogen (secondary N) is 1. The average Bonchev–Trinajstić information content (AvgIpc) is 2.58. The minimum absolute atomic E-state index is 0.197. The third-order valence-electron chi connectivity index (χ3n) is 4.46. The van der Waals surface area contributed by atoms with Gasteiger partial charge >= 0.3 is 0 Å². The summed E-state index contributed by atoms with van der Waals surface area (Å²) in [4.78, 5) is 23.6. The average molecular weight is 324 g/mol. The Kier molecular flexibility index (Phi) is 4.79. The first-order valence-corrected chi connectivity index (χ1v) is 8.49. The van der Waals surface area contributed by atoms with Gasteiger partial charge in [-0.2, -0.15) is 0 Å². The molecule has 0 aliphatic carbocycles. The molecule has 1 aromatic heterocycles. The Morgan fingerprint density at radius 1 is 1.29 bits per heavy atom. The molecule has 1 aliphatic rings. The number of nitrogens with zero attached hydrogens (tertiary/aromatic N) is 3. The maximum atomic E-state index is 12.6. The third-order valence-corrected chi connectivity index (χ3v) is 4.46. The van der Waals surface area contributed by atoms with Crippen molar-refractivity contribution in [1.82, 2.24) is 9.97 Å². The van der Waals surface area contributed by atoms with Crippen LogP contribution in [0.3, 0.4) is 0 Å². The van der Waals surface area contributed by atoms with E-state index >= 15 is 0 Å². The number of piperidine rings is 1. The fourth-order valence-electron chi connectivity index (χ4n) is 3.06. The summed E-state index contributed by atoms with van der Waals surface area (Å²) in [5.74, 6) is 1.09. The minimum Gasteiger partial charge on any atom is -0.341 e. The van der Waals surface area contributed by atoms with Crippen LogP contribution in [-0.4, -0.2) is 29.0 Å². The number of amides is 1. The molecule has 3 rings (SSSR count). The molecule has 24 heavy (non-hydrogen) atoms. The van der Waals surface area contributed by atoms with E-state index in [0.29, 0.717) is 17.6 Å². The standard InChI is InChI=1S/C19H24N4O/c1-13-6-7-15(3)17(11-13)21-18(24)16-8-9-20-19(22-16)23-10-4-5-14(2)12-23/h6-9,11,14H,4-5,10,12H2,1-3H3,(H,21,24). The Bertz CT molecular complexity index is 744. The molecule has 5 nitrogen and oxygen atoms in total. The smallest absolute Gasteiger partial charge is 0.274 e. The molecule has 0 saturated carbocycles. The van der Waals surface area contributed by atoms with Crippen LogP contribution in [0.2, 0.25) is 0 Å². The molecule has 1 aliphatic heterocycles. The van der Waals surface area contributed by atoms with Crippen LogP contribution >= 0.6 is 0 Å². The Hall–Kier alpha value is -2.43. The number of hydrogen-bond acceptors (Lipinski definition) is 4. The monoisotopic (exact) mass is 324 g/mol. The summed E-state index contributed by atoms with van der Waals surface area (Å²) in [5, 5.41) is 2.96. The van der Waals surface area contributed by atoms with Gasteiger partial charge in [-0.3, -0.25) is 4.79 Å². The molecule has 126 valence electrons. The van der Waals surface area contributed by atoms with Gasteiger partial charge in [0.2, 0.25) is 5.95 Å². The van der Waals surface area contributed by atoms with Crippen molar-refractivity contribution < 1.29 is 4.79 Å². The molecule has 0 spiro atoms. The third kappa shape index (κ3) is 3.72. The van der Waals surface area contributed by atoms with Crippen LogP contribution in [0.1, 0.15) is 41.4 Å². The van der Waals surface area contributed by atoms with E-state index in [-0.39, 0.29) is 5.91 Å². The molecule has 1 aromatic carbocycles. The number of benzene rings is 1. The first-order valence-electron chi connectivity index (χ1n) is 8.49. The Labute approximate surface area is 143 Å². The SMILES string of the molecule is Cc1ccc(C)c(NC(=O)c2ccnc(N3CCCC(C)C3)n2)c1. The molecule has 5 heteroatoms. The normalized spacial score (nSPS) is 17.6. The van der Waals surface area contributed by atoms with Gasteiger partial charge in [0.05, 0.1) is 0 Å². The van der Waals surface area contributed by atoms with Gasteiger partial charge in [-0.05, 0) is 55.9 Å². The summed E-state index contributed by atoms with van der Waals surface area (Å²) in [7, 11) is 0. The molecule has 2 aromatic rings. The zero-order valence-corrected chi connectivity index (χ0v) is 14.5. The van der Waals surface area contributed by atoms with E-state index in [4.69, 9.17) is 0 Å². The second-order valence-corrected chi connectivity index (χ2v) is 6.71. The Morgan fingerprint density at radius 3 is 2.92 bits per heavy atom. The van der Waals surface area contributed by atoms with Gasteiger partial charge in [0.15, 0.2) is 0 Å². The summed E-state index contributed by atoms with van der Waals surface area (Å²) in [6.07, 6.45) is 4.05. The largest absolute Gasteiger partial charge is 0.341 e. The predicted molar refractivity (Wildman–Crippen MR) is 96.5 cm³/mol. The van der Waals surface area contributed by atoms with E-state index in [1.807, 2.05) is 32.0 Å². The van der Waals surface area contributed by atoms with E-state index < -0.39 is 0 Å². The van der Waals surface area contributed by atoms with Crippen LogP contribution in [0.25, 0.3) is 0 Å². The summed E-state index contributed by atoms with van der Waals surface area (Å²) in [6.45, 7) is 8.13. The maximum absolute atomic E-state index is 12.6. The summed E-state index contributed by atoms with van der Waals surface area (Å²) < 4.78 is 0. The molecule has 1 unspecified atom stereocenters. The van der Waals surface area contributed by atoms with E-state index in [1.54, 1.807) is 12.3 Å². The molecule has 1 N–H and O–H groups in total. The van der Waals surface area contributed by atoms with E-state index in [9.17, 15) is 4.79 Å². The minimum atomic E-state index is -0.197. The fourth-order valence-corrected chi connectivity index (χ4v) is 3.06. The van der Waals surface area contributed by atoms with Gasteiger partial charge in [0.1, 0.15) is 5.69 Å². The van der Waals surface area contributed by atoms with Crippen molar-refractivity contribution >= 4 is 17.5 Å². The van der Waals surface area contributed by atoms with E-state index in [2.05, 4.69) is 27.1 Å². The number of aryl methyl sites for hydroxylation is 2. The van der Waals surface area contributed by atoms with Crippen LogP contribution in [0.4, 0.5) is 11.6 Å². The molecule has 0 bridgehead atoms. The van der Waals surface area contributed by atoms with Gasteiger partial charge in [0, 0.05) is 25.0 Å². The van der Waals surface area contributed by atoms with Crippen molar-refractivity contribution in [1.29, 1.82) is 0 Å². The Balaban J connectivity index is 1.78. The molecular weight excluding hydrogens is 300 g/mol. The van der Waals surface area contributed by atoms with Crippen molar-refractivity contribution in [3.05, 3.63) is 47.3 Å². The molecule has 0 radical (unpaired) electrons. The van der Waals surface area contributed by atoms with Crippen LogP contribution in [0.5, 0.6) is 0 Å². The van der Waals surface area contributed by atoms with Crippen molar-refractivity contribution in [2.45, 2.75) is 33.6 Å². The van der Waals surface area contributed by atoms with Crippen molar-refractivity contribution in [3.63, 3.8) is 0 Å². The highest BCUT2D eigenvalue weighted by Gasteiger charge is 2.20. The summed E-state index contributed by atoms with van der Waals surface area (Å²) >= 11 is 0. The zero-order valence-electron chi connectivity index (χ0n) is 14.5. The van der Waals surface area contributed by atoms with Crippen LogP contribution < -0.4 is 10.2 Å². The van der Waals surface area contributed by atoms with E-state index in [1.165, 1.54) is 6.42 Å². The molecule has 1 amide bonds. The lowest BCUT2D eigenvalue weighted by molar-refractivity contribution is 0.102. The van der Waals surface area contributed by atoms with Crippen molar-refractivity contribution in [2.75, 3.05) is 23.3 Å². The fraction of sp³-hybridized carbons (Fsp3) is 0.421. The molecule has 2 heterocycles. The number of hydrogen-bond donors (Lipinski definition) is 1. The van der Waals surface area contributed by atoms with Crippen LogP contribution in [-0.2, 0) is 0 Å². The first kappa shape index (κ1) is 16.4. The molecule has 1 fully saturated rings. The second-order valence-electron chi connectivity index (χ2n) is 6.71. The van der Waals surface area contributed by atoms with Gasteiger partial charge < -0.3 is 10.2 Å². The molecular formula is C19H24N4O. The zero-order chi connectivity index (χ0) is 17.1. The van der Waals surface area contributed by atoms with Crippen LogP contribution in [0, 0.1) is 19.8 Å². The lowest BCUT2D eigenvalue weighted by atomic mass is 10.0. The summed E-state index contributed by atoms with van der Waals surface area (Å²) in [6, 6.07) is 7.68. The maximum Gasteiger partial charge on any atom is 0.274 e. The van der Waals surface area contributed by atoms with Crippen molar-refractivity contribution in [2.24, 2.45) is 5.92 Å². The predicted octanol–water partition coefficient (Wildman–Crippen LogP) is 3.58. The van der Waals surface area contributed by atoms with Gasteiger partial charge in [-0.1, -0.05) is 19.1 Å². The molecule has 1 atom stereocenters. The van der Waals surface area contributed by atoms with Crippen molar-refractivity contribution in [3.8, 4) is 0 Å². The highest BCUT2D eigenvalue weighted by Crippen LogP contribution is 2.21. The highest BCUT2D eigenvalue weighted by molar-refractivity contribution is 6.03. The summed E-state index contributed by atoms with van der Waals surface area (Å²) in [5.41, 5.74) is 3.38.